The number of aromatic nitrogens is 6. The molecule has 0 fully saturated rings. The van der Waals surface area contributed by atoms with E-state index in [9.17, 15) is 9.59 Å². The van der Waals surface area contributed by atoms with Crippen LogP contribution < -0.4 is 10.6 Å². The number of carbonyl (C=O) groups excluding carboxylic acids is 2. The number of H-pyrrole nitrogens is 3. The van der Waals surface area contributed by atoms with Gasteiger partial charge in [-0.05, 0) is 61.1 Å². The van der Waals surface area contributed by atoms with Crippen molar-refractivity contribution >= 4 is 57.0 Å². The summed E-state index contributed by atoms with van der Waals surface area (Å²) in [6.45, 7) is 4.28. The highest BCUT2D eigenvalue weighted by Crippen LogP contribution is 2.44. The van der Waals surface area contributed by atoms with E-state index in [1.54, 1.807) is 24.8 Å². The molecule has 5 aromatic heterocycles. The zero-order valence-electron chi connectivity index (χ0n) is 28.8. The maximum absolute atomic E-state index is 13.1. The van der Waals surface area contributed by atoms with Gasteiger partial charge in [0.25, 0.3) is 0 Å². The average Bonchev–Trinajstić information content (AvgIpc) is 3.86. The molecule has 0 unspecified atom stereocenters. The molecule has 2 aromatic carbocycles. The molecule has 0 aliphatic heterocycles. The average molecular weight is 709 g/mol. The lowest BCUT2D eigenvalue weighted by atomic mass is 9.76. The Morgan fingerprint density at radius 1 is 0.712 bits per heavy atom. The van der Waals surface area contributed by atoms with E-state index in [4.69, 9.17) is 11.6 Å². The van der Waals surface area contributed by atoms with Crippen LogP contribution in [0.3, 0.4) is 0 Å². The highest BCUT2D eigenvalue weighted by Gasteiger charge is 2.36. The van der Waals surface area contributed by atoms with E-state index in [0.717, 1.165) is 98.1 Å². The lowest BCUT2D eigenvalue weighted by Gasteiger charge is -2.28. The number of aromatic amines is 3. The monoisotopic (exact) mass is 708 g/mol. The van der Waals surface area contributed by atoms with Crippen LogP contribution in [0.5, 0.6) is 0 Å². The van der Waals surface area contributed by atoms with Gasteiger partial charge in [-0.2, -0.15) is 5.10 Å². The van der Waals surface area contributed by atoms with Crippen molar-refractivity contribution < 1.29 is 9.59 Å². The first-order valence-electron chi connectivity index (χ1n) is 17.3. The van der Waals surface area contributed by atoms with Gasteiger partial charge in [0.05, 0.1) is 45.1 Å². The number of ketones is 2. The molecule has 9 rings (SSSR count). The zero-order chi connectivity index (χ0) is 35.8. The Balaban J connectivity index is 0.000000151. The summed E-state index contributed by atoms with van der Waals surface area (Å²) in [5.74, 6) is 0.340. The van der Waals surface area contributed by atoms with Crippen molar-refractivity contribution in [3.05, 3.63) is 125 Å². The number of rotatable bonds is 6. The number of nitrogens with one attached hydrogen (secondary N) is 5. The van der Waals surface area contributed by atoms with Crippen LogP contribution in [-0.4, -0.2) is 41.7 Å². The van der Waals surface area contributed by atoms with Gasteiger partial charge < -0.3 is 20.6 Å². The first kappa shape index (κ1) is 33.2. The molecule has 0 atom stereocenters. The third-order valence-corrected chi connectivity index (χ3v) is 9.89. The van der Waals surface area contributed by atoms with E-state index in [1.807, 2.05) is 72.8 Å². The number of nitrogens with zero attached hydrogens (tertiary/aromatic N) is 3. The number of pyridine rings is 2. The highest BCUT2D eigenvalue weighted by atomic mass is 35.5. The number of hydrogen-bond acceptors (Lipinski definition) is 7. The molecule has 5 N–H and O–H groups in total. The van der Waals surface area contributed by atoms with Gasteiger partial charge in [0.15, 0.2) is 17.2 Å². The zero-order valence-corrected chi connectivity index (χ0v) is 29.6. The Bertz CT molecular complexity index is 2430. The van der Waals surface area contributed by atoms with Gasteiger partial charge in [0, 0.05) is 70.7 Å². The van der Waals surface area contributed by atoms with Crippen molar-refractivity contribution in [1.82, 2.24) is 30.1 Å². The first-order valence-corrected chi connectivity index (χ1v) is 17.7. The number of halogens is 1. The Kier molecular flexibility index (Phi) is 8.68. The number of aryl methyl sites for hydroxylation is 1. The second-order valence-corrected chi connectivity index (χ2v) is 14.4. The van der Waals surface area contributed by atoms with Gasteiger partial charge in [-0.15, -0.1) is 0 Å². The smallest absolute Gasteiger partial charge is 0.167 e. The summed E-state index contributed by atoms with van der Waals surface area (Å²) < 4.78 is 0. The number of Topliss-reactive ketones (excluding diaryl/α,β-unsaturated/α-hetero) is 2. The van der Waals surface area contributed by atoms with Crippen molar-refractivity contribution in [1.29, 1.82) is 0 Å². The highest BCUT2D eigenvalue weighted by molar-refractivity contribution is 6.33. The predicted octanol–water partition coefficient (Wildman–Crippen LogP) is 9.84. The molecule has 2 aliphatic rings. The molecule has 52 heavy (non-hydrogen) atoms. The SMILES string of the molecule is CC1(C)CC(=O)c2c([nH]c(-c3ccnc4[nH]ncc34)c2Nc2ccccc2)C1.O=C1CCCc2[nH]c(-c3ccncc3Cl)c(Nc3ccccc3)c21. The second kappa shape index (κ2) is 13.6. The van der Waals surface area contributed by atoms with Gasteiger partial charge in [-0.3, -0.25) is 19.7 Å². The Morgan fingerprint density at radius 3 is 2.04 bits per heavy atom. The topological polar surface area (TPSA) is 144 Å². The Morgan fingerprint density at radius 2 is 1.35 bits per heavy atom. The van der Waals surface area contributed by atoms with Crippen LogP contribution in [0, 0.1) is 5.41 Å². The van der Waals surface area contributed by atoms with Crippen molar-refractivity contribution in [2.45, 2.75) is 46.0 Å². The largest absolute Gasteiger partial charge is 0.356 e. The minimum Gasteiger partial charge on any atom is -0.356 e. The molecule has 11 heteroatoms. The standard InChI is InChI=1S/C22H21N5O.C19H16ClN3O/c1-22(2)10-16-18(17(28)11-22)20(25-13-6-4-3-5-7-13)19(26-16)14-8-9-23-21-15(14)12-24-27-21;20-14-11-21-10-9-13(14)18-19(22-12-5-2-1-3-6-12)17-15(23-18)7-4-8-16(17)24/h3-9,12,25-26H,10-11H2,1-2H3,(H,23,24,27);1-3,5-6,9-11,22-23H,4,7-8H2. The molecule has 0 saturated heterocycles. The maximum atomic E-state index is 13.1. The number of fused-ring (bicyclic) bond motifs is 3. The lowest BCUT2D eigenvalue weighted by molar-refractivity contribution is 0.0911. The molecule has 5 heterocycles. The fourth-order valence-corrected chi connectivity index (χ4v) is 7.50. The molecule has 10 nitrogen and oxygen atoms in total. The fourth-order valence-electron chi connectivity index (χ4n) is 7.29. The summed E-state index contributed by atoms with van der Waals surface area (Å²) in [6.07, 6.45) is 10.5. The van der Waals surface area contributed by atoms with Gasteiger partial charge in [0.1, 0.15) is 0 Å². The van der Waals surface area contributed by atoms with E-state index in [-0.39, 0.29) is 17.0 Å². The normalized spacial score (nSPS) is 14.7. The summed E-state index contributed by atoms with van der Waals surface area (Å²) >= 11 is 6.34. The molecule has 2 aliphatic carbocycles. The third-order valence-electron chi connectivity index (χ3n) is 9.59. The van der Waals surface area contributed by atoms with E-state index >= 15 is 0 Å². The number of anilines is 4. The second-order valence-electron chi connectivity index (χ2n) is 14.0. The van der Waals surface area contributed by atoms with Crippen molar-refractivity contribution in [3.63, 3.8) is 0 Å². The van der Waals surface area contributed by atoms with Gasteiger partial charge in [0.2, 0.25) is 0 Å². The van der Waals surface area contributed by atoms with Crippen LogP contribution in [0.4, 0.5) is 22.7 Å². The summed E-state index contributed by atoms with van der Waals surface area (Å²) in [5, 5.41) is 15.4. The molecule has 0 radical (unpaired) electrons. The number of hydrogen-bond donors (Lipinski definition) is 5. The Labute approximate surface area is 305 Å². The summed E-state index contributed by atoms with van der Waals surface area (Å²) in [6, 6.07) is 23.6. The van der Waals surface area contributed by atoms with Crippen LogP contribution in [0.1, 0.15) is 65.2 Å². The number of carbonyl (C=O) groups is 2. The van der Waals surface area contributed by atoms with E-state index < -0.39 is 0 Å². The quantitative estimate of drug-likeness (QED) is 0.116. The molecule has 0 amide bonds. The van der Waals surface area contributed by atoms with Crippen molar-refractivity contribution in [2.75, 3.05) is 10.6 Å². The van der Waals surface area contributed by atoms with Crippen molar-refractivity contribution in [3.8, 4) is 22.5 Å². The number of para-hydroxylation sites is 2. The molecular weight excluding hydrogens is 672 g/mol. The summed E-state index contributed by atoms with van der Waals surface area (Å²) in [5.41, 5.74) is 11.2. The van der Waals surface area contributed by atoms with Crippen LogP contribution in [-0.2, 0) is 12.8 Å². The fraction of sp³-hybridized carbons (Fsp3) is 0.195. The Hall–Kier alpha value is -6.00. The molecular formula is C41H37ClN8O2. The lowest BCUT2D eigenvalue weighted by Crippen LogP contribution is -2.26. The van der Waals surface area contributed by atoms with Crippen LogP contribution in [0.25, 0.3) is 33.5 Å². The third kappa shape index (κ3) is 6.37. The van der Waals surface area contributed by atoms with Gasteiger partial charge in [-0.1, -0.05) is 61.8 Å². The molecule has 0 bridgehead atoms. The molecule has 0 saturated carbocycles. The summed E-state index contributed by atoms with van der Waals surface area (Å²) in [4.78, 5) is 41.0. The predicted molar refractivity (Wildman–Crippen MR) is 206 cm³/mol. The molecule has 0 spiro atoms. The minimum atomic E-state index is -0.0561. The van der Waals surface area contributed by atoms with E-state index in [2.05, 4.69) is 54.6 Å². The van der Waals surface area contributed by atoms with E-state index in [0.29, 0.717) is 17.9 Å². The van der Waals surface area contributed by atoms with Gasteiger partial charge in [-0.25, -0.2) is 4.98 Å². The van der Waals surface area contributed by atoms with E-state index in [1.165, 1.54) is 0 Å². The number of benzene rings is 2. The molecule has 7 aromatic rings. The molecule has 260 valence electrons. The van der Waals surface area contributed by atoms with Crippen molar-refractivity contribution in [2.24, 2.45) is 5.41 Å². The van der Waals surface area contributed by atoms with Gasteiger partial charge >= 0.3 is 0 Å². The van der Waals surface area contributed by atoms with Crippen LogP contribution >= 0.6 is 11.6 Å². The summed E-state index contributed by atoms with van der Waals surface area (Å²) in [7, 11) is 0. The first-order chi connectivity index (χ1) is 25.3. The maximum Gasteiger partial charge on any atom is 0.167 e. The minimum absolute atomic E-state index is 0.0561. The van der Waals surface area contributed by atoms with Crippen LogP contribution in [0.2, 0.25) is 5.02 Å². The van der Waals surface area contributed by atoms with Crippen LogP contribution in [0.15, 0.2) is 97.6 Å².